The number of aryl methyl sites for hydroxylation is 2. The van der Waals surface area contributed by atoms with E-state index < -0.39 is 0 Å². The van der Waals surface area contributed by atoms with E-state index in [1.165, 1.54) is 0 Å². The van der Waals surface area contributed by atoms with E-state index >= 15 is 0 Å². The molecule has 2 N–H and O–H groups in total. The van der Waals surface area contributed by atoms with Crippen molar-refractivity contribution < 1.29 is 4.79 Å². The van der Waals surface area contributed by atoms with Crippen LogP contribution in [-0.4, -0.2) is 33.8 Å². The summed E-state index contributed by atoms with van der Waals surface area (Å²) in [6.45, 7) is 3.38. The number of hydrogen-bond donors (Lipinski definition) is 2. The van der Waals surface area contributed by atoms with Gasteiger partial charge in [0.2, 0.25) is 5.91 Å². The summed E-state index contributed by atoms with van der Waals surface area (Å²) in [5.41, 5.74) is 1.99. The second-order valence-electron chi connectivity index (χ2n) is 5.47. The number of carbonyl (C=O) groups is 1. The van der Waals surface area contributed by atoms with Crippen molar-refractivity contribution in [2.24, 2.45) is 13.0 Å². The number of carbonyl (C=O) groups excluding carboxylic acids is 1. The third-order valence-corrected chi connectivity index (χ3v) is 3.84. The molecule has 1 aliphatic heterocycles. The second-order valence-corrected chi connectivity index (χ2v) is 5.47. The zero-order valence-corrected chi connectivity index (χ0v) is 12.2. The van der Waals surface area contributed by atoms with Crippen LogP contribution in [0.15, 0.2) is 30.6 Å². The Morgan fingerprint density at radius 2 is 2.29 bits per heavy atom. The van der Waals surface area contributed by atoms with E-state index in [-0.39, 0.29) is 17.7 Å². The van der Waals surface area contributed by atoms with Gasteiger partial charge in [-0.25, -0.2) is 4.98 Å². The first-order valence-corrected chi connectivity index (χ1v) is 7.07. The van der Waals surface area contributed by atoms with Crippen molar-refractivity contribution in [1.82, 2.24) is 20.1 Å². The number of rotatable bonds is 3. The molecular formula is C15H19N5O. The molecule has 0 spiro atoms. The minimum atomic E-state index is -0.100. The molecule has 0 radical (unpaired) electrons. The molecule has 3 heterocycles. The van der Waals surface area contributed by atoms with E-state index in [4.69, 9.17) is 0 Å². The highest BCUT2D eigenvalue weighted by molar-refractivity contribution is 5.92. The summed E-state index contributed by atoms with van der Waals surface area (Å²) in [5, 5.41) is 10.4. The number of nitrogens with one attached hydrogen (secondary N) is 2. The minimum Gasteiger partial charge on any atom is -0.315 e. The normalized spacial score (nSPS) is 21.4. The van der Waals surface area contributed by atoms with Gasteiger partial charge in [-0.05, 0) is 24.6 Å². The van der Waals surface area contributed by atoms with Crippen molar-refractivity contribution in [2.75, 3.05) is 18.4 Å². The predicted molar refractivity (Wildman–Crippen MR) is 79.9 cm³/mol. The molecule has 2 aromatic rings. The first-order chi connectivity index (χ1) is 10.1. The summed E-state index contributed by atoms with van der Waals surface area (Å²) >= 11 is 0. The number of nitrogens with zero attached hydrogens (tertiary/aromatic N) is 3. The predicted octanol–water partition coefficient (Wildman–Crippen LogP) is 1.07. The van der Waals surface area contributed by atoms with Crippen molar-refractivity contribution >= 4 is 11.7 Å². The fraction of sp³-hybridized carbons (Fsp3) is 0.400. The van der Waals surface area contributed by atoms with Gasteiger partial charge in [-0.2, -0.15) is 5.10 Å². The Morgan fingerprint density at radius 1 is 1.43 bits per heavy atom. The first-order valence-electron chi connectivity index (χ1n) is 7.07. The van der Waals surface area contributed by atoms with E-state index in [0.29, 0.717) is 12.4 Å². The number of amides is 1. The van der Waals surface area contributed by atoms with Gasteiger partial charge in [0, 0.05) is 37.9 Å². The smallest absolute Gasteiger partial charge is 0.230 e. The standard InChI is InChI=1S/C15H19N5O/c1-10-4-3-5-14(18-10)19-15(21)13-8-16-7-12(13)11-6-17-20(2)9-11/h3-6,9,12-13,16H,7-8H2,1-2H3,(H,18,19,21)/t12-,13+/m1/s1. The summed E-state index contributed by atoms with van der Waals surface area (Å²) < 4.78 is 1.77. The van der Waals surface area contributed by atoms with Gasteiger partial charge in [-0.15, -0.1) is 0 Å². The molecule has 3 rings (SSSR count). The summed E-state index contributed by atoms with van der Waals surface area (Å²) in [6.07, 6.45) is 3.81. The summed E-state index contributed by atoms with van der Waals surface area (Å²) in [4.78, 5) is 16.8. The Morgan fingerprint density at radius 3 is 3.00 bits per heavy atom. The highest BCUT2D eigenvalue weighted by atomic mass is 16.2. The van der Waals surface area contributed by atoms with E-state index in [2.05, 4.69) is 20.7 Å². The lowest BCUT2D eigenvalue weighted by Crippen LogP contribution is -2.28. The maximum Gasteiger partial charge on any atom is 0.230 e. The van der Waals surface area contributed by atoms with Gasteiger partial charge in [0.05, 0.1) is 12.1 Å². The van der Waals surface area contributed by atoms with Crippen LogP contribution in [0.5, 0.6) is 0 Å². The van der Waals surface area contributed by atoms with Gasteiger partial charge in [0.25, 0.3) is 0 Å². The van der Waals surface area contributed by atoms with Crippen LogP contribution in [0.3, 0.4) is 0 Å². The van der Waals surface area contributed by atoms with Crippen LogP contribution in [-0.2, 0) is 11.8 Å². The Bertz CT molecular complexity index is 651. The summed E-state index contributed by atoms with van der Waals surface area (Å²) in [5.74, 6) is 0.670. The van der Waals surface area contributed by atoms with Gasteiger partial charge in [-0.3, -0.25) is 9.48 Å². The lowest BCUT2D eigenvalue weighted by Gasteiger charge is -2.16. The number of pyridine rings is 1. The van der Waals surface area contributed by atoms with Crippen LogP contribution in [0.25, 0.3) is 0 Å². The molecule has 0 aliphatic carbocycles. The molecule has 1 fully saturated rings. The SMILES string of the molecule is Cc1cccc(NC(=O)[C@H]2CNC[C@@H]2c2cnn(C)c2)n1. The van der Waals surface area contributed by atoms with Crippen molar-refractivity contribution in [3.8, 4) is 0 Å². The molecule has 2 aromatic heterocycles. The lowest BCUT2D eigenvalue weighted by atomic mass is 9.90. The largest absolute Gasteiger partial charge is 0.315 e. The third kappa shape index (κ3) is 2.95. The quantitative estimate of drug-likeness (QED) is 0.884. The van der Waals surface area contributed by atoms with E-state index in [9.17, 15) is 4.79 Å². The van der Waals surface area contributed by atoms with Crippen LogP contribution >= 0.6 is 0 Å². The molecule has 0 bridgehead atoms. The fourth-order valence-corrected chi connectivity index (χ4v) is 2.77. The van der Waals surface area contributed by atoms with Crippen molar-refractivity contribution in [3.05, 3.63) is 41.9 Å². The van der Waals surface area contributed by atoms with E-state index in [1.807, 2.05) is 44.6 Å². The molecule has 1 saturated heterocycles. The highest BCUT2D eigenvalue weighted by Crippen LogP contribution is 2.28. The molecule has 21 heavy (non-hydrogen) atoms. The molecule has 6 heteroatoms. The van der Waals surface area contributed by atoms with E-state index in [0.717, 1.165) is 17.8 Å². The van der Waals surface area contributed by atoms with Crippen molar-refractivity contribution in [2.45, 2.75) is 12.8 Å². The topological polar surface area (TPSA) is 71.8 Å². The average Bonchev–Trinajstić information content (AvgIpc) is 3.06. The van der Waals surface area contributed by atoms with Gasteiger partial charge < -0.3 is 10.6 Å². The maximum atomic E-state index is 12.5. The molecule has 110 valence electrons. The first kappa shape index (κ1) is 13.8. The Hall–Kier alpha value is -2.21. The summed E-state index contributed by atoms with van der Waals surface area (Å²) in [6, 6.07) is 5.61. The van der Waals surface area contributed by atoms with Gasteiger partial charge in [0.1, 0.15) is 5.82 Å². The van der Waals surface area contributed by atoms with Crippen molar-refractivity contribution in [3.63, 3.8) is 0 Å². The zero-order valence-electron chi connectivity index (χ0n) is 12.2. The van der Waals surface area contributed by atoms with Crippen LogP contribution in [0.1, 0.15) is 17.2 Å². The van der Waals surface area contributed by atoms with Crippen LogP contribution in [0, 0.1) is 12.8 Å². The number of anilines is 1. The van der Waals surface area contributed by atoms with Crippen LogP contribution < -0.4 is 10.6 Å². The third-order valence-electron chi connectivity index (χ3n) is 3.84. The lowest BCUT2D eigenvalue weighted by molar-refractivity contribution is -0.119. The minimum absolute atomic E-state index is 0.00644. The Balaban J connectivity index is 1.74. The van der Waals surface area contributed by atoms with E-state index in [1.54, 1.807) is 4.68 Å². The summed E-state index contributed by atoms with van der Waals surface area (Å²) in [7, 11) is 1.89. The van der Waals surface area contributed by atoms with Crippen LogP contribution in [0.4, 0.5) is 5.82 Å². The molecule has 2 atom stereocenters. The number of aromatic nitrogens is 3. The zero-order chi connectivity index (χ0) is 14.8. The molecular weight excluding hydrogens is 266 g/mol. The van der Waals surface area contributed by atoms with Crippen molar-refractivity contribution in [1.29, 1.82) is 0 Å². The number of hydrogen-bond acceptors (Lipinski definition) is 4. The molecule has 1 aliphatic rings. The Kier molecular flexibility index (Phi) is 3.70. The highest BCUT2D eigenvalue weighted by Gasteiger charge is 2.34. The van der Waals surface area contributed by atoms with Crippen LogP contribution in [0.2, 0.25) is 0 Å². The van der Waals surface area contributed by atoms with Gasteiger partial charge in [-0.1, -0.05) is 6.07 Å². The Labute approximate surface area is 123 Å². The maximum absolute atomic E-state index is 12.5. The fourth-order valence-electron chi connectivity index (χ4n) is 2.77. The molecule has 0 aromatic carbocycles. The monoisotopic (exact) mass is 285 g/mol. The molecule has 1 amide bonds. The van der Waals surface area contributed by atoms with Gasteiger partial charge in [0.15, 0.2) is 0 Å². The molecule has 6 nitrogen and oxygen atoms in total. The molecule has 0 saturated carbocycles. The molecule has 0 unspecified atom stereocenters. The average molecular weight is 285 g/mol. The van der Waals surface area contributed by atoms with Gasteiger partial charge >= 0.3 is 0 Å². The second kappa shape index (κ2) is 5.65.